The molecular formula is C14H19NO. The van der Waals surface area contributed by atoms with Crippen LogP contribution in [0.4, 0.5) is 0 Å². The van der Waals surface area contributed by atoms with E-state index in [-0.39, 0.29) is 11.8 Å². The molecule has 0 bridgehead atoms. The molecule has 0 aromatic heterocycles. The quantitative estimate of drug-likeness (QED) is 0.769. The maximum absolute atomic E-state index is 11.8. The minimum absolute atomic E-state index is 0.0681. The number of hydrogen-bond acceptors (Lipinski definition) is 1. The predicted molar refractivity (Wildman–Crippen MR) is 65.8 cm³/mol. The first-order valence-electron chi connectivity index (χ1n) is 5.87. The summed E-state index contributed by atoms with van der Waals surface area (Å²) in [6.07, 6.45) is 0.934. The van der Waals surface area contributed by atoms with E-state index < -0.39 is 0 Å². The fraction of sp³-hybridized carbons (Fsp3) is 0.500. The van der Waals surface area contributed by atoms with Gasteiger partial charge in [-0.3, -0.25) is 4.79 Å². The standard InChI is InChI=1S/C14H19NO/c1-8-7-9(2)11(4)13(10(8)3)12-5-6-15-14(12)16/h7,12H,5-6H2,1-4H3,(H,15,16). The summed E-state index contributed by atoms with van der Waals surface area (Å²) in [7, 11) is 0. The van der Waals surface area contributed by atoms with E-state index in [1.807, 2.05) is 0 Å². The molecular weight excluding hydrogens is 198 g/mol. The lowest BCUT2D eigenvalue weighted by Gasteiger charge is -2.18. The molecule has 86 valence electrons. The number of nitrogens with one attached hydrogen (secondary N) is 1. The lowest BCUT2D eigenvalue weighted by Crippen LogP contribution is -2.19. The first-order chi connectivity index (χ1) is 7.52. The number of carbonyl (C=O) groups excluding carboxylic acids is 1. The molecule has 0 aliphatic carbocycles. The van der Waals surface area contributed by atoms with Crippen LogP contribution in [-0.4, -0.2) is 12.5 Å². The largest absolute Gasteiger partial charge is 0.356 e. The number of hydrogen-bond donors (Lipinski definition) is 1. The van der Waals surface area contributed by atoms with Gasteiger partial charge in [0.15, 0.2) is 0 Å². The van der Waals surface area contributed by atoms with Crippen LogP contribution in [-0.2, 0) is 4.79 Å². The van der Waals surface area contributed by atoms with E-state index in [2.05, 4.69) is 39.1 Å². The van der Waals surface area contributed by atoms with Crippen molar-refractivity contribution in [3.63, 3.8) is 0 Å². The Bertz CT molecular complexity index is 422. The molecule has 1 unspecified atom stereocenters. The summed E-state index contributed by atoms with van der Waals surface area (Å²) in [5, 5.41) is 2.92. The molecule has 1 amide bonds. The lowest BCUT2D eigenvalue weighted by molar-refractivity contribution is -0.120. The summed E-state index contributed by atoms with van der Waals surface area (Å²) in [5.74, 6) is 0.259. The summed E-state index contributed by atoms with van der Waals surface area (Å²) < 4.78 is 0. The third kappa shape index (κ3) is 1.62. The first-order valence-corrected chi connectivity index (χ1v) is 5.87. The van der Waals surface area contributed by atoms with Crippen molar-refractivity contribution in [3.8, 4) is 0 Å². The molecule has 1 aromatic rings. The summed E-state index contributed by atoms with van der Waals surface area (Å²) >= 11 is 0. The Labute approximate surface area is 97.1 Å². The molecule has 1 aliphatic heterocycles. The van der Waals surface area contributed by atoms with E-state index in [1.165, 1.54) is 27.8 Å². The highest BCUT2D eigenvalue weighted by Gasteiger charge is 2.29. The topological polar surface area (TPSA) is 29.1 Å². The van der Waals surface area contributed by atoms with Crippen molar-refractivity contribution in [1.29, 1.82) is 0 Å². The van der Waals surface area contributed by atoms with Crippen molar-refractivity contribution in [2.45, 2.75) is 40.0 Å². The van der Waals surface area contributed by atoms with E-state index in [1.54, 1.807) is 0 Å². The number of aryl methyl sites for hydroxylation is 2. The highest BCUT2D eigenvalue weighted by molar-refractivity contribution is 5.86. The molecule has 2 heteroatoms. The van der Waals surface area contributed by atoms with Crippen LogP contribution < -0.4 is 5.32 Å². The molecule has 1 atom stereocenters. The minimum atomic E-state index is 0.0681. The Balaban J connectivity index is 2.58. The van der Waals surface area contributed by atoms with E-state index >= 15 is 0 Å². The summed E-state index contributed by atoms with van der Waals surface area (Å²) in [6, 6.07) is 2.21. The normalized spacial score (nSPS) is 20.0. The van der Waals surface area contributed by atoms with E-state index in [0.29, 0.717) is 0 Å². The molecule has 16 heavy (non-hydrogen) atoms. The minimum Gasteiger partial charge on any atom is -0.356 e. The molecule has 1 saturated heterocycles. The molecule has 1 N–H and O–H groups in total. The second kappa shape index (κ2) is 3.93. The smallest absolute Gasteiger partial charge is 0.227 e. The van der Waals surface area contributed by atoms with Crippen LogP contribution in [0.2, 0.25) is 0 Å². The van der Waals surface area contributed by atoms with Crippen LogP contribution in [0.1, 0.15) is 40.2 Å². The molecule has 1 aromatic carbocycles. The fourth-order valence-electron chi connectivity index (χ4n) is 2.64. The van der Waals surface area contributed by atoms with Gasteiger partial charge < -0.3 is 5.32 Å². The van der Waals surface area contributed by atoms with Crippen molar-refractivity contribution in [3.05, 3.63) is 33.9 Å². The molecule has 1 fully saturated rings. The monoisotopic (exact) mass is 217 g/mol. The summed E-state index contributed by atoms with van der Waals surface area (Å²) in [4.78, 5) is 11.8. The van der Waals surface area contributed by atoms with Crippen molar-refractivity contribution in [2.75, 3.05) is 6.54 Å². The van der Waals surface area contributed by atoms with Gasteiger partial charge in [-0.05, 0) is 61.9 Å². The number of rotatable bonds is 1. The Hall–Kier alpha value is -1.31. The highest BCUT2D eigenvalue weighted by atomic mass is 16.2. The van der Waals surface area contributed by atoms with Gasteiger partial charge in [-0.1, -0.05) is 6.07 Å². The first kappa shape index (κ1) is 11.2. The van der Waals surface area contributed by atoms with Crippen LogP contribution in [0.3, 0.4) is 0 Å². The van der Waals surface area contributed by atoms with Gasteiger partial charge in [0, 0.05) is 6.54 Å². The average molecular weight is 217 g/mol. The van der Waals surface area contributed by atoms with Gasteiger partial charge in [0.2, 0.25) is 5.91 Å². The van der Waals surface area contributed by atoms with Gasteiger partial charge in [0.05, 0.1) is 5.92 Å². The Morgan fingerprint density at radius 3 is 2.12 bits per heavy atom. The number of benzene rings is 1. The Morgan fingerprint density at radius 1 is 1.12 bits per heavy atom. The van der Waals surface area contributed by atoms with E-state index in [4.69, 9.17) is 0 Å². The van der Waals surface area contributed by atoms with E-state index in [9.17, 15) is 4.79 Å². The van der Waals surface area contributed by atoms with Crippen molar-refractivity contribution < 1.29 is 4.79 Å². The molecule has 0 spiro atoms. The average Bonchev–Trinajstić information content (AvgIpc) is 2.63. The van der Waals surface area contributed by atoms with Gasteiger partial charge in [0.1, 0.15) is 0 Å². The summed E-state index contributed by atoms with van der Waals surface area (Å²) in [5.41, 5.74) is 6.40. The predicted octanol–water partition coefficient (Wildman–Crippen LogP) is 2.52. The van der Waals surface area contributed by atoms with Crippen molar-refractivity contribution >= 4 is 5.91 Å². The summed E-state index contributed by atoms with van der Waals surface area (Å²) in [6.45, 7) is 9.32. The number of amides is 1. The fourth-order valence-corrected chi connectivity index (χ4v) is 2.64. The zero-order valence-corrected chi connectivity index (χ0v) is 10.5. The molecule has 1 heterocycles. The van der Waals surface area contributed by atoms with Gasteiger partial charge >= 0.3 is 0 Å². The van der Waals surface area contributed by atoms with Crippen LogP contribution in [0.25, 0.3) is 0 Å². The van der Waals surface area contributed by atoms with E-state index in [0.717, 1.165) is 13.0 Å². The Morgan fingerprint density at radius 2 is 1.69 bits per heavy atom. The van der Waals surface area contributed by atoms with Crippen LogP contribution in [0.15, 0.2) is 6.07 Å². The molecule has 0 radical (unpaired) electrons. The SMILES string of the molecule is Cc1cc(C)c(C)c(C2CCNC2=O)c1C. The van der Waals surface area contributed by atoms with Crippen LogP contribution >= 0.6 is 0 Å². The molecule has 2 nitrogen and oxygen atoms in total. The number of carbonyl (C=O) groups is 1. The maximum atomic E-state index is 11.8. The van der Waals surface area contributed by atoms with Crippen molar-refractivity contribution in [2.24, 2.45) is 0 Å². The molecule has 2 rings (SSSR count). The Kier molecular flexibility index (Phi) is 2.75. The van der Waals surface area contributed by atoms with Gasteiger partial charge in [-0.2, -0.15) is 0 Å². The third-order valence-electron chi connectivity index (χ3n) is 3.82. The zero-order valence-electron chi connectivity index (χ0n) is 10.5. The maximum Gasteiger partial charge on any atom is 0.227 e. The van der Waals surface area contributed by atoms with Gasteiger partial charge in [-0.15, -0.1) is 0 Å². The second-order valence-electron chi connectivity index (χ2n) is 4.81. The lowest BCUT2D eigenvalue weighted by atomic mass is 9.85. The van der Waals surface area contributed by atoms with Crippen LogP contribution in [0, 0.1) is 27.7 Å². The second-order valence-corrected chi connectivity index (χ2v) is 4.81. The van der Waals surface area contributed by atoms with Gasteiger partial charge in [-0.25, -0.2) is 0 Å². The van der Waals surface area contributed by atoms with Crippen LogP contribution in [0.5, 0.6) is 0 Å². The zero-order chi connectivity index (χ0) is 11.9. The molecule has 1 aliphatic rings. The third-order valence-corrected chi connectivity index (χ3v) is 3.82. The van der Waals surface area contributed by atoms with Gasteiger partial charge in [0.25, 0.3) is 0 Å². The molecule has 0 saturated carbocycles. The van der Waals surface area contributed by atoms with Crippen molar-refractivity contribution in [1.82, 2.24) is 5.32 Å². The highest BCUT2D eigenvalue weighted by Crippen LogP contribution is 2.32.